The lowest BCUT2D eigenvalue weighted by molar-refractivity contribution is -0.108. The van der Waals surface area contributed by atoms with Crippen LogP contribution in [0.3, 0.4) is 0 Å². The van der Waals surface area contributed by atoms with E-state index < -0.39 is 24.4 Å². The standard InChI is InChI=1S/C16H16N2O4/c19-9-12-13(20)14(21)15(22)16-17-11(8-18(12)16)7-6-10-4-2-1-3-5-10/h1-5,8,12-15,19-22H,9H2/t12-,13-,14+,15-/m1/s1. The molecule has 1 aromatic heterocycles. The van der Waals surface area contributed by atoms with E-state index in [1.807, 2.05) is 30.3 Å². The molecule has 4 N–H and O–H groups in total. The molecule has 2 heterocycles. The van der Waals surface area contributed by atoms with Gasteiger partial charge in [-0.25, -0.2) is 4.98 Å². The second kappa shape index (κ2) is 5.91. The van der Waals surface area contributed by atoms with Gasteiger partial charge in [0.05, 0.1) is 12.6 Å². The zero-order valence-corrected chi connectivity index (χ0v) is 11.7. The lowest BCUT2D eigenvalue weighted by Gasteiger charge is -2.35. The molecule has 22 heavy (non-hydrogen) atoms. The maximum absolute atomic E-state index is 9.99. The van der Waals surface area contributed by atoms with Crippen LogP contribution in [0.5, 0.6) is 0 Å². The molecule has 114 valence electrons. The van der Waals surface area contributed by atoms with Gasteiger partial charge in [0.15, 0.2) is 0 Å². The van der Waals surface area contributed by atoms with Gasteiger partial charge in [0.25, 0.3) is 0 Å². The zero-order chi connectivity index (χ0) is 15.7. The number of aliphatic hydroxyl groups excluding tert-OH is 4. The van der Waals surface area contributed by atoms with Crippen LogP contribution in [-0.4, -0.2) is 48.8 Å². The molecule has 0 fully saturated rings. The van der Waals surface area contributed by atoms with Crippen LogP contribution in [0.2, 0.25) is 0 Å². The van der Waals surface area contributed by atoms with E-state index in [2.05, 4.69) is 16.8 Å². The summed E-state index contributed by atoms with van der Waals surface area (Å²) in [6, 6.07) is 8.61. The molecule has 0 bridgehead atoms. The molecule has 0 saturated heterocycles. The molecule has 0 unspecified atom stereocenters. The second-order valence-electron chi connectivity index (χ2n) is 5.18. The van der Waals surface area contributed by atoms with Gasteiger partial charge in [-0.15, -0.1) is 0 Å². The fourth-order valence-corrected chi connectivity index (χ4v) is 2.54. The summed E-state index contributed by atoms with van der Waals surface area (Å²) in [6.07, 6.45) is -2.41. The Morgan fingerprint density at radius 1 is 1.05 bits per heavy atom. The van der Waals surface area contributed by atoms with Crippen molar-refractivity contribution in [1.82, 2.24) is 9.55 Å². The first kappa shape index (κ1) is 14.8. The molecular weight excluding hydrogens is 284 g/mol. The van der Waals surface area contributed by atoms with Crippen LogP contribution in [0.15, 0.2) is 36.5 Å². The van der Waals surface area contributed by atoms with Crippen LogP contribution >= 0.6 is 0 Å². The van der Waals surface area contributed by atoms with E-state index >= 15 is 0 Å². The highest BCUT2D eigenvalue weighted by molar-refractivity contribution is 5.40. The summed E-state index contributed by atoms with van der Waals surface area (Å²) in [5.74, 6) is 6.01. The molecule has 4 atom stereocenters. The molecule has 3 rings (SSSR count). The van der Waals surface area contributed by atoms with Crippen molar-refractivity contribution in [2.75, 3.05) is 6.61 Å². The molecular formula is C16H16N2O4. The molecule has 1 aliphatic rings. The Balaban J connectivity index is 1.96. The van der Waals surface area contributed by atoms with Crippen molar-refractivity contribution in [3.63, 3.8) is 0 Å². The molecule has 6 nitrogen and oxygen atoms in total. The fraction of sp³-hybridized carbons (Fsp3) is 0.312. The van der Waals surface area contributed by atoms with Gasteiger partial charge in [-0.1, -0.05) is 24.1 Å². The third-order valence-electron chi connectivity index (χ3n) is 3.75. The summed E-state index contributed by atoms with van der Waals surface area (Å²) in [5.41, 5.74) is 1.23. The van der Waals surface area contributed by atoms with Gasteiger partial charge in [0.2, 0.25) is 0 Å². The summed E-state index contributed by atoms with van der Waals surface area (Å²) in [5, 5.41) is 39.1. The van der Waals surface area contributed by atoms with Gasteiger partial charge in [0.1, 0.15) is 29.8 Å². The van der Waals surface area contributed by atoms with E-state index in [1.54, 1.807) is 6.20 Å². The molecule has 2 aromatic rings. The van der Waals surface area contributed by atoms with E-state index in [9.17, 15) is 20.4 Å². The van der Waals surface area contributed by atoms with Crippen LogP contribution in [0, 0.1) is 11.8 Å². The summed E-state index contributed by atoms with van der Waals surface area (Å²) in [6.45, 7) is -0.375. The van der Waals surface area contributed by atoms with E-state index in [1.165, 1.54) is 4.57 Å². The average molecular weight is 300 g/mol. The van der Waals surface area contributed by atoms with Crippen molar-refractivity contribution in [3.05, 3.63) is 53.6 Å². The van der Waals surface area contributed by atoms with Crippen molar-refractivity contribution in [3.8, 4) is 11.8 Å². The van der Waals surface area contributed by atoms with Gasteiger partial charge in [-0.05, 0) is 18.1 Å². The third kappa shape index (κ3) is 2.51. The van der Waals surface area contributed by atoms with Gasteiger partial charge in [-0.3, -0.25) is 0 Å². The van der Waals surface area contributed by atoms with Crippen molar-refractivity contribution in [2.24, 2.45) is 0 Å². The van der Waals surface area contributed by atoms with Crippen molar-refractivity contribution < 1.29 is 20.4 Å². The van der Waals surface area contributed by atoms with Crippen LogP contribution < -0.4 is 0 Å². The maximum atomic E-state index is 9.99. The quantitative estimate of drug-likeness (QED) is 0.537. The van der Waals surface area contributed by atoms with Crippen LogP contribution in [0.1, 0.15) is 29.2 Å². The largest absolute Gasteiger partial charge is 0.394 e. The third-order valence-corrected chi connectivity index (χ3v) is 3.75. The molecule has 0 saturated carbocycles. The predicted octanol–water partition coefficient (Wildman–Crippen LogP) is -0.415. The number of hydrogen-bond acceptors (Lipinski definition) is 5. The number of hydrogen-bond donors (Lipinski definition) is 4. The van der Waals surface area contributed by atoms with Gasteiger partial charge < -0.3 is 25.0 Å². The molecule has 6 heteroatoms. The number of nitrogens with zero attached hydrogens (tertiary/aromatic N) is 2. The second-order valence-corrected chi connectivity index (χ2v) is 5.18. The minimum atomic E-state index is -1.39. The number of fused-ring (bicyclic) bond motifs is 1. The fourth-order valence-electron chi connectivity index (χ4n) is 2.54. The minimum Gasteiger partial charge on any atom is -0.394 e. The Hall–Kier alpha value is -2.17. The summed E-state index contributed by atoms with van der Waals surface area (Å²) >= 11 is 0. The Morgan fingerprint density at radius 3 is 2.45 bits per heavy atom. The monoisotopic (exact) mass is 300 g/mol. The normalized spacial score (nSPS) is 26.9. The molecule has 1 aromatic carbocycles. The molecule has 0 radical (unpaired) electrons. The topological polar surface area (TPSA) is 98.7 Å². The zero-order valence-electron chi connectivity index (χ0n) is 11.7. The Morgan fingerprint density at radius 2 is 1.77 bits per heavy atom. The van der Waals surface area contributed by atoms with Crippen molar-refractivity contribution in [1.29, 1.82) is 0 Å². The highest BCUT2D eigenvalue weighted by Crippen LogP contribution is 2.32. The number of aliphatic hydroxyl groups is 4. The van der Waals surface area contributed by atoms with E-state index in [-0.39, 0.29) is 12.4 Å². The Labute approximate surface area is 127 Å². The van der Waals surface area contributed by atoms with Crippen molar-refractivity contribution in [2.45, 2.75) is 24.4 Å². The Kier molecular flexibility index (Phi) is 3.96. The minimum absolute atomic E-state index is 0.189. The molecule has 1 aliphatic heterocycles. The van der Waals surface area contributed by atoms with Gasteiger partial charge in [-0.2, -0.15) is 0 Å². The van der Waals surface area contributed by atoms with Crippen LogP contribution in [-0.2, 0) is 0 Å². The number of benzene rings is 1. The van der Waals surface area contributed by atoms with Gasteiger partial charge >= 0.3 is 0 Å². The first-order chi connectivity index (χ1) is 10.6. The number of aromatic nitrogens is 2. The molecule has 0 amide bonds. The lowest BCUT2D eigenvalue weighted by Crippen LogP contribution is -2.46. The first-order valence-electron chi connectivity index (χ1n) is 6.92. The van der Waals surface area contributed by atoms with E-state index in [4.69, 9.17) is 0 Å². The summed E-state index contributed by atoms with van der Waals surface area (Å²) in [4.78, 5) is 4.19. The predicted molar refractivity (Wildman–Crippen MR) is 77.7 cm³/mol. The molecule has 0 spiro atoms. The van der Waals surface area contributed by atoms with Crippen molar-refractivity contribution >= 4 is 0 Å². The SMILES string of the molecule is OC[C@@H]1[C@@H](O)[C@H](O)[C@@H](O)c2nc(C#Cc3ccccc3)cn21. The van der Waals surface area contributed by atoms with Gasteiger partial charge in [0, 0.05) is 11.8 Å². The smallest absolute Gasteiger partial charge is 0.142 e. The first-order valence-corrected chi connectivity index (χ1v) is 6.92. The van der Waals surface area contributed by atoms with Crippen LogP contribution in [0.4, 0.5) is 0 Å². The average Bonchev–Trinajstić information content (AvgIpc) is 2.96. The maximum Gasteiger partial charge on any atom is 0.142 e. The Bertz CT molecular complexity index is 717. The van der Waals surface area contributed by atoms with E-state index in [0.29, 0.717) is 5.69 Å². The highest BCUT2D eigenvalue weighted by Gasteiger charge is 2.41. The van der Waals surface area contributed by atoms with Crippen LogP contribution in [0.25, 0.3) is 0 Å². The summed E-state index contributed by atoms with van der Waals surface area (Å²) < 4.78 is 1.47. The lowest BCUT2D eigenvalue weighted by atomic mass is 9.96. The highest BCUT2D eigenvalue weighted by atomic mass is 16.4. The van der Waals surface area contributed by atoms with E-state index in [0.717, 1.165) is 5.56 Å². The molecule has 0 aliphatic carbocycles. The number of rotatable bonds is 1. The summed E-state index contributed by atoms with van der Waals surface area (Å²) in [7, 11) is 0. The number of imidazole rings is 1.